The lowest BCUT2D eigenvalue weighted by molar-refractivity contribution is 0.337. The summed E-state index contributed by atoms with van der Waals surface area (Å²) >= 11 is 1.67. The van der Waals surface area contributed by atoms with Crippen LogP contribution in [-0.4, -0.2) is 29.3 Å². The van der Waals surface area contributed by atoms with Gasteiger partial charge in [-0.1, -0.05) is 0 Å². The number of aryl methyl sites for hydroxylation is 1. The average Bonchev–Trinajstić information content (AvgIpc) is 2.44. The Morgan fingerprint density at radius 2 is 2.31 bits per heavy atom. The highest BCUT2D eigenvalue weighted by Crippen LogP contribution is 2.17. The zero-order chi connectivity index (χ0) is 9.26. The Balaban J connectivity index is 1.92. The number of aromatic nitrogens is 2. The molecule has 2 N–H and O–H groups in total. The molecule has 5 heteroatoms. The van der Waals surface area contributed by atoms with Gasteiger partial charge in [-0.05, 0) is 13.8 Å². The van der Waals surface area contributed by atoms with Crippen molar-refractivity contribution >= 4 is 11.3 Å². The van der Waals surface area contributed by atoms with Gasteiger partial charge < -0.3 is 10.6 Å². The van der Waals surface area contributed by atoms with Crippen molar-refractivity contribution in [1.29, 1.82) is 0 Å². The Morgan fingerprint density at radius 3 is 2.77 bits per heavy atom. The van der Waals surface area contributed by atoms with Crippen LogP contribution in [0.3, 0.4) is 0 Å². The van der Waals surface area contributed by atoms with E-state index in [1.54, 1.807) is 11.3 Å². The van der Waals surface area contributed by atoms with E-state index in [-0.39, 0.29) is 0 Å². The maximum Gasteiger partial charge on any atom is 0.134 e. The molecule has 0 aliphatic carbocycles. The van der Waals surface area contributed by atoms with Gasteiger partial charge in [0.15, 0.2) is 0 Å². The molecule has 2 rings (SSSR count). The third kappa shape index (κ3) is 2.04. The maximum absolute atomic E-state index is 4.11. The monoisotopic (exact) mass is 198 g/mol. The first-order valence-electron chi connectivity index (χ1n) is 4.52. The Kier molecular flexibility index (Phi) is 2.57. The summed E-state index contributed by atoms with van der Waals surface area (Å²) in [6.07, 6.45) is 0. The van der Waals surface area contributed by atoms with Crippen LogP contribution in [0, 0.1) is 6.92 Å². The highest BCUT2D eigenvalue weighted by atomic mass is 32.1. The summed E-state index contributed by atoms with van der Waals surface area (Å²) in [7, 11) is 0. The van der Waals surface area contributed by atoms with E-state index in [4.69, 9.17) is 0 Å². The number of nitrogens with one attached hydrogen (secondary N) is 2. The van der Waals surface area contributed by atoms with E-state index in [1.807, 2.05) is 6.92 Å². The molecule has 1 saturated heterocycles. The minimum absolute atomic E-state index is 0.332. The van der Waals surface area contributed by atoms with Gasteiger partial charge in [0, 0.05) is 19.1 Å². The molecule has 72 valence electrons. The zero-order valence-electron chi connectivity index (χ0n) is 7.87. The molecular weight excluding hydrogens is 184 g/mol. The summed E-state index contributed by atoms with van der Waals surface area (Å²) < 4.78 is 0. The number of hydrogen-bond acceptors (Lipinski definition) is 5. The SMILES string of the molecule is Cc1nnc(C(C)NC2CNC2)s1. The van der Waals surface area contributed by atoms with Crippen molar-refractivity contribution in [3.05, 3.63) is 10.0 Å². The third-order valence-corrected chi connectivity index (χ3v) is 3.20. The molecule has 2 heterocycles. The Bertz CT molecular complexity index is 281. The summed E-state index contributed by atoms with van der Waals surface area (Å²) in [5.41, 5.74) is 0. The smallest absolute Gasteiger partial charge is 0.134 e. The quantitative estimate of drug-likeness (QED) is 0.741. The first-order valence-corrected chi connectivity index (χ1v) is 5.34. The highest BCUT2D eigenvalue weighted by Gasteiger charge is 2.20. The van der Waals surface area contributed by atoms with E-state index < -0.39 is 0 Å². The molecule has 1 aromatic rings. The van der Waals surface area contributed by atoms with Crippen molar-refractivity contribution < 1.29 is 0 Å². The molecule has 1 unspecified atom stereocenters. The molecule has 1 fully saturated rings. The Morgan fingerprint density at radius 1 is 1.54 bits per heavy atom. The van der Waals surface area contributed by atoms with Gasteiger partial charge in [0.1, 0.15) is 10.0 Å². The second kappa shape index (κ2) is 3.69. The molecule has 1 atom stereocenters. The van der Waals surface area contributed by atoms with Crippen LogP contribution in [0.2, 0.25) is 0 Å². The lowest BCUT2D eigenvalue weighted by atomic mass is 10.1. The summed E-state index contributed by atoms with van der Waals surface area (Å²) in [4.78, 5) is 0. The fraction of sp³-hybridized carbons (Fsp3) is 0.750. The summed E-state index contributed by atoms with van der Waals surface area (Å²) in [6, 6.07) is 0.942. The van der Waals surface area contributed by atoms with Crippen LogP contribution in [0.15, 0.2) is 0 Å². The maximum atomic E-state index is 4.11. The largest absolute Gasteiger partial charge is 0.314 e. The van der Waals surface area contributed by atoms with Crippen molar-refractivity contribution in [2.45, 2.75) is 25.9 Å². The van der Waals surface area contributed by atoms with Gasteiger partial charge in [-0.15, -0.1) is 21.5 Å². The van der Waals surface area contributed by atoms with Gasteiger partial charge in [0.05, 0.1) is 6.04 Å². The number of rotatable bonds is 3. The summed E-state index contributed by atoms with van der Waals surface area (Å²) in [6.45, 7) is 6.27. The van der Waals surface area contributed by atoms with Crippen LogP contribution in [0.1, 0.15) is 23.0 Å². The Labute approximate surface area is 81.8 Å². The average molecular weight is 198 g/mol. The molecular formula is C8H14N4S. The van der Waals surface area contributed by atoms with Crippen molar-refractivity contribution in [3.8, 4) is 0 Å². The van der Waals surface area contributed by atoms with E-state index in [9.17, 15) is 0 Å². The van der Waals surface area contributed by atoms with E-state index in [2.05, 4.69) is 27.8 Å². The second-order valence-electron chi connectivity index (χ2n) is 3.40. The summed E-state index contributed by atoms with van der Waals surface area (Å²) in [5.74, 6) is 0. The molecule has 0 radical (unpaired) electrons. The molecule has 0 bridgehead atoms. The van der Waals surface area contributed by atoms with Gasteiger partial charge >= 0.3 is 0 Å². The van der Waals surface area contributed by atoms with Gasteiger partial charge in [0.25, 0.3) is 0 Å². The predicted molar refractivity (Wildman–Crippen MR) is 52.9 cm³/mol. The fourth-order valence-corrected chi connectivity index (χ4v) is 2.03. The lowest BCUT2D eigenvalue weighted by Gasteiger charge is -2.30. The molecule has 13 heavy (non-hydrogen) atoms. The van der Waals surface area contributed by atoms with Crippen LogP contribution >= 0.6 is 11.3 Å². The van der Waals surface area contributed by atoms with E-state index in [0.717, 1.165) is 23.1 Å². The number of nitrogens with zero attached hydrogens (tertiary/aromatic N) is 2. The molecule has 1 aliphatic rings. The molecule has 1 aromatic heterocycles. The second-order valence-corrected chi connectivity index (χ2v) is 4.62. The van der Waals surface area contributed by atoms with Gasteiger partial charge in [-0.25, -0.2) is 0 Å². The topological polar surface area (TPSA) is 49.8 Å². The first-order chi connectivity index (χ1) is 6.25. The van der Waals surface area contributed by atoms with Gasteiger partial charge in [-0.2, -0.15) is 0 Å². The third-order valence-electron chi connectivity index (χ3n) is 2.18. The standard InChI is InChI=1S/C8H14N4S/c1-5(10-7-3-9-4-7)8-12-11-6(2)13-8/h5,7,9-10H,3-4H2,1-2H3. The van der Waals surface area contributed by atoms with Crippen LogP contribution < -0.4 is 10.6 Å². The van der Waals surface area contributed by atoms with E-state index in [1.165, 1.54) is 0 Å². The van der Waals surface area contributed by atoms with Crippen molar-refractivity contribution in [3.63, 3.8) is 0 Å². The molecule has 0 aromatic carbocycles. The zero-order valence-corrected chi connectivity index (χ0v) is 8.69. The van der Waals surface area contributed by atoms with Crippen molar-refractivity contribution in [2.75, 3.05) is 13.1 Å². The van der Waals surface area contributed by atoms with Gasteiger partial charge in [0.2, 0.25) is 0 Å². The van der Waals surface area contributed by atoms with E-state index >= 15 is 0 Å². The summed E-state index contributed by atoms with van der Waals surface area (Å²) in [5, 5.41) is 17.0. The Hall–Kier alpha value is -0.520. The molecule has 1 aliphatic heterocycles. The minimum Gasteiger partial charge on any atom is -0.314 e. The minimum atomic E-state index is 0.332. The first kappa shape index (κ1) is 9.05. The van der Waals surface area contributed by atoms with Crippen LogP contribution in [0.5, 0.6) is 0 Å². The molecule has 4 nitrogen and oxygen atoms in total. The van der Waals surface area contributed by atoms with Crippen molar-refractivity contribution in [2.24, 2.45) is 0 Å². The molecule has 0 saturated carbocycles. The number of hydrogen-bond donors (Lipinski definition) is 2. The van der Waals surface area contributed by atoms with Crippen LogP contribution in [0.4, 0.5) is 0 Å². The van der Waals surface area contributed by atoms with Crippen LogP contribution in [-0.2, 0) is 0 Å². The fourth-order valence-electron chi connectivity index (χ4n) is 1.32. The van der Waals surface area contributed by atoms with E-state index in [0.29, 0.717) is 12.1 Å². The predicted octanol–water partition coefficient (Wildman–Crippen LogP) is 0.469. The highest BCUT2D eigenvalue weighted by molar-refractivity contribution is 7.11. The molecule has 0 amide bonds. The molecule has 0 spiro atoms. The lowest BCUT2D eigenvalue weighted by Crippen LogP contribution is -2.55. The van der Waals surface area contributed by atoms with Crippen molar-refractivity contribution in [1.82, 2.24) is 20.8 Å². The van der Waals surface area contributed by atoms with Crippen LogP contribution in [0.25, 0.3) is 0 Å². The normalized spacial score (nSPS) is 19.8. The van der Waals surface area contributed by atoms with Gasteiger partial charge in [-0.3, -0.25) is 0 Å².